The summed E-state index contributed by atoms with van der Waals surface area (Å²) in [5.41, 5.74) is 15.2. The molecular weight excluding hydrogens is 614 g/mol. The molecule has 0 heterocycles. The van der Waals surface area contributed by atoms with Gasteiger partial charge in [-0.05, 0) is 98.8 Å². The standard InChI is InChI=1S/C41H55N3O5/c1-4-9-27(25-45)22-31(46)18-15-29-24-37(49-32-12-7-8-13-32)40(47)38-33(29)20-16-28-11-6-5-10-26(2)14-19-34(38)35-23-30(17-21-36(35)48-3)39(28)44-41(42)43/h17,21-22,24,26,28,30,32,34-36,39,45,47H,4,7-15,18-19,23,25H2,1-3H3,(H4,42,43,44)/t26-,28-,30-,34-,35-,36-,39-/m0/s1. The first-order valence-corrected chi connectivity index (χ1v) is 18.4. The van der Waals surface area contributed by atoms with Crippen LogP contribution in [0.15, 0.2) is 34.9 Å². The van der Waals surface area contributed by atoms with Crippen LogP contribution >= 0.6 is 0 Å². The zero-order valence-electron chi connectivity index (χ0n) is 29.5. The van der Waals surface area contributed by atoms with Gasteiger partial charge in [0.2, 0.25) is 0 Å². The van der Waals surface area contributed by atoms with Gasteiger partial charge < -0.3 is 31.2 Å². The summed E-state index contributed by atoms with van der Waals surface area (Å²) in [6.07, 6.45) is 15.8. The highest BCUT2D eigenvalue weighted by molar-refractivity contribution is 5.90. The minimum atomic E-state index is -0.298. The average Bonchev–Trinajstić information content (AvgIpc) is 3.60. The van der Waals surface area contributed by atoms with Gasteiger partial charge in [-0.1, -0.05) is 44.3 Å². The lowest BCUT2D eigenvalue weighted by molar-refractivity contribution is -0.114. The topological polar surface area (TPSA) is 140 Å². The molecule has 1 aromatic rings. The van der Waals surface area contributed by atoms with Gasteiger partial charge in [-0.2, -0.15) is 0 Å². The van der Waals surface area contributed by atoms with Gasteiger partial charge in [0, 0.05) is 43.4 Å². The molecule has 1 aromatic carbocycles. The summed E-state index contributed by atoms with van der Waals surface area (Å²) in [6.45, 7) is 4.14. The van der Waals surface area contributed by atoms with E-state index in [-0.39, 0.29) is 72.4 Å². The smallest absolute Gasteiger partial charge is 0.186 e. The number of aromatic hydroxyl groups is 1. The molecule has 8 heteroatoms. The van der Waals surface area contributed by atoms with E-state index in [9.17, 15) is 15.0 Å². The molecule has 0 spiro atoms. The number of rotatable bonds is 11. The number of fused-ring (bicyclic) bond motifs is 5. The molecule has 0 unspecified atom stereocenters. The fourth-order valence-electron chi connectivity index (χ4n) is 8.25. The molecule has 6 N–H and O–H groups in total. The maximum Gasteiger partial charge on any atom is 0.186 e. The van der Waals surface area contributed by atoms with Gasteiger partial charge in [0.15, 0.2) is 23.2 Å². The maximum absolute atomic E-state index is 13.3. The Bertz CT molecular complexity index is 1550. The Morgan fingerprint density at radius 2 is 1.88 bits per heavy atom. The quantitative estimate of drug-likeness (QED) is 0.0738. The lowest BCUT2D eigenvalue weighted by Crippen LogP contribution is -2.39. The van der Waals surface area contributed by atoms with Crippen molar-refractivity contribution in [2.45, 2.75) is 121 Å². The van der Waals surface area contributed by atoms with Crippen LogP contribution < -0.4 is 16.2 Å². The second-order valence-corrected chi connectivity index (χ2v) is 14.5. The van der Waals surface area contributed by atoms with Gasteiger partial charge in [0.05, 0.1) is 30.8 Å². The van der Waals surface area contributed by atoms with Crippen molar-refractivity contribution < 1.29 is 24.5 Å². The Morgan fingerprint density at radius 3 is 2.59 bits per heavy atom. The lowest BCUT2D eigenvalue weighted by Gasteiger charge is -2.40. The third-order valence-electron chi connectivity index (χ3n) is 10.8. The SMILES string of the molecule is CCCC(=CC(=O)CCc1cc(OC2CCCC2)c(O)c2c1C#C[C@@H]1CC#CC[C@H](C)CC[C@H]2[C@@H]2C[C@H](C=C[C@@H]2OC)[C@H]1N=C(N)N)CO. The highest BCUT2D eigenvalue weighted by Crippen LogP contribution is 2.50. The van der Waals surface area contributed by atoms with Crippen LogP contribution in [0.2, 0.25) is 0 Å². The van der Waals surface area contributed by atoms with E-state index in [4.69, 9.17) is 25.9 Å². The van der Waals surface area contributed by atoms with Gasteiger partial charge in [0.25, 0.3) is 0 Å². The number of aliphatic imine (C=N–C) groups is 1. The van der Waals surface area contributed by atoms with Crippen molar-refractivity contribution in [3.63, 3.8) is 0 Å². The molecule has 8 nitrogen and oxygen atoms in total. The lowest BCUT2D eigenvalue weighted by atomic mass is 9.67. The normalized spacial score (nSPS) is 28.2. The minimum absolute atomic E-state index is 0.00890. The van der Waals surface area contributed by atoms with E-state index in [0.717, 1.165) is 80.1 Å². The summed E-state index contributed by atoms with van der Waals surface area (Å²) in [5.74, 6) is 14.5. The van der Waals surface area contributed by atoms with Crippen LogP contribution in [0.1, 0.15) is 114 Å². The van der Waals surface area contributed by atoms with Crippen molar-refractivity contribution >= 4 is 11.7 Å². The summed E-state index contributed by atoms with van der Waals surface area (Å²) in [6, 6.07) is 1.62. The average molecular weight is 670 g/mol. The number of ether oxygens (including phenoxy) is 2. The number of hydrogen-bond donors (Lipinski definition) is 4. The third kappa shape index (κ3) is 9.10. The van der Waals surface area contributed by atoms with E-state index in [1.54, 1.807) is 13.2 Å². The van der Waals surface area contributed by atoms with Crippen molar-refractivity contribution in [2.24, 2.45) is 40.1 Å². The summed E-state index contributed by atoms with van der Waals surface area (Å²) in [7, 11) is 1.75. The second kappa shape index (κ2) is 17.3. The summed E-state index contributed by atoms with van der Waals surface area (Å²) in [4.78, 5) is 18.0. The fourth-order valence-corrected chi connectivity index (χ4v) is 8.25. The molecule has 264 valence electrons. The number of nitrogens with zero attached hydrogens (tertiary/aromatic N) is 1. The molecular formula is C41H55N3O5. The van der Waals surface area contributed by atoms with Crippen molar-refractivity contribution in [3.05, 3.63) is 46.6 Å². The van der Waals surface area contributed by atoms with Crippen LogP contribution in [0.4, 0.5) is 0 Å². The zero-order valence-corrected chi connectivity index (χ0v) is 29.5. The van der Waals surface area contributed by atoms with E-state index in [0.29, 0.717) is 30.9 Å². The van der Waals surface area contributed by atoms with Crippen LogP contribution in [0.25, 0.3) is 0 Å². The molecule has 1 saturated carbocycles. The van der Waals surface area contributed by atoms with Crippen molar-refractivity contribution in [1.82, 2.24) is 0 Å². The number of methoxy groups -OCH3 is 1. The van der Waals surface area contributed by atoms with Gasteiger partial charge in [0.1, 0.15) is 0 Å². The largest absolute Gasteiger partial charge is 0.504 e. The first kappa shape index (κ1) is 36.6. The van der Waals surface area contributed by atoms with E-state index < -0.39 is 0 Å². The van der Waals surface area contributed by atoms with E-state index >= 15 is 0 Å². The Kier molecular flexibility index (Phi) is 12.9. The molecule has 0 radical (unpaired) electrons. The first-order valence-electron chi connectivity index (χ1n) is 18.4. The number of guanidine groups is 1. The molecule has 0 aliphatic heterocycles. The molecule has 1 fully saturated rings. The molecule has 6 rings (SSSR count). The number of nitrogens with two attached hydrogens (primary N) is 2. The Morgan fingerprint density at radius 1 is 1.10 bits per heavy atom. The van der Waals surface area contributed by atoms with Gasteiger partial charge in [-0.3, -0.25) is 4.79 Å². The van der Waals surface area contributed by atoms with E-state index in [1.165, 1.54) is 0 Å². The number of hydrogen-bond acceptors (Lipinski definition) is 6. The molecule has 5 aliphatic rings. The van der Waals surface area contributed by atoms with Gasteiger partial charge in [-0.25, -0.2) is 4.99 Å². The minimum Gasteiger partial charge on any atom is -0.504 e. The molecule has 0 aromatic heterocycles. The van der Waals surface area contributed by atoms with Crippen LogP contribution in [0, 0.1) is 47.4 Å². The number of aliphatic hydroxyl groups is 1. The molecule has 7 atom stereocenters. The molecule has 0 saturated heterocycles. The van der Waals surface area contributed by atoms with Gasteiger partial charge >= 0.3 is 0 Å². The molecule has 4 bridgehead atoms. The Balaban J connectivity index is 1.73. The summed E-state index contributed by atoms with van der Waals surface area (Å²) < 4.78 is 12.7. The molecule has 5 aliphatic carbocycles. The number of carbonyl (C=O) groups is 1. The monoisotopic (exact) mass is 669 g/mol. The number of benzene rings is 1. The maximum atomic E-state index is 13.3. The first-order chi connectivity index (χ1) is 23.7. The molecule has 49 heavy (non-hydrogen) atoms. The number of phenolic OH excluding ortho intramolecular Hbond substituents is 1. The van der Waals surface area contributed by atoms with Gasteiger partial charge in [-0.15, -0.1) is 11.8 Å². The predicted molar refractivity (Wildman–Crippen MR) is 194 cm³/mol. The predicted octanol–water partition coefficient (Wildman–Crippen LogP) is 6.06. The third-order valence-corrected chi connectivity index (χ3v) is 10.8. The number of aryl methyl sites for hydroxylation is 1. The van der Waals surface area contributed by atoms with E-state index in [2.05, 4.69) is 42.8 Å². The number of phenols is 1. The summed E-state index contributed by atoms with van der Waals surface area (Å²) >= 11 is 0. The highest BCUT2D eigenvalue weighted by Gasteiger charge is 2.41. The number of aliphatic hydroxyl groups excluding tert-OH is 1. The van der Waals surface area contributed by atoms with Crippen molar-refractivity contribution in [3.8, 4) is 35.2 Å². The van der Waals surface area contributed by atoms with Crippen molar-refractivity contribution in [2.75, 3.05) is 13.7 Å². The Hall–Kier alpha value is -3.72. The second-order valence-electron chi connectivity index (χ2n) is 14.5. The fraction of sp³-hybridized carbons (Fsp3) is 0.610. The number of carbonyl (C=O) groups excluding carboxylic acids is 1. The summed E-state index contributed by atoms with van der Waals surface area (Å²) in [5, 5.41) is 22.1. The Labute approximate surface area is 292 Å². The van der Waals surface area contributed by atoms with Crippen LogP contribution in [0.3, 0.4) is 0 Å². The highest BCUT2D eigenvalue weighted by atomic mass is 16.5. The molecule has 0 amide bonds. The van der Waals surface area contributed by atoms with E-state index in [1.807, 2.05) is 13.0 Å². The van der Waals surface area contributed by atoms with Crippen molar-refractivity contribution in [1.29, 1.82) is 0 Å². The zero-order chi connectivity index (χ0) is 34.9. The van der Waals surface area contributed by atoms with Crippen LogP contribution in [0.5, 0.6) is 11.5 Å². The number of ketones is 1. The van der Waals surface area contributed by atoms with Crippen LogP contribution in [-0.2, 0) is 16.0 Å². The number of allylic oxidation sites excluding steroid dienone is 1. The van der Waals surface area contributed by atoms with Crippen LogP contribution in [-0.4, -0.2) is 53.9 Å².